The number of nitrogens with zero attached hydrogens (tertiary/aromatic N) is 1. The summed E-state index contributed by atoms with van der Waals surface area (Å²) in [6.07, 6.45) is 0.962. The number of nitrogens with one attached hydrogen (secondary N) is 2. The van der Waals surface area contributed by atoms with Crippen molar-refractivity contribution >= 4 is 29.3 Å². The number of carbonyl (C=O) groups excluding carboxylic acids is 2. The molecule has 0 spiro atoms. The summed E-state index contributed by atoms with van der Waals surface area (Å²) in [4.78, 5) is 39.2. The lowest BCUT2D eigenvalue weighted by molar-refractivity contribution is -0.120. The number of fused-ring (bicyclic) bond motifs is 1. The van der Waals surface area contributed by atoms with E-state index < -0.39 is 12.0 Å². The molecule has 0 unspecified atom stereocenters. The maximum atomic E-state index is 13.2. The predicted molar refractivity (Wildman–Crippen MR) is 139 cm³/mol. The summed E-state index contributed by atoms with van der Waals surface area (Å²) < 4.78 is 0. The van der Waals surface area contributed by atoms with Gasteiger partial charge < -0.3 is 20.6 Å². The Labute approximate surface area is 210 Å². The molecular formula is C29H29N3O4. The fourth-order valence-corrected chi connectivity index (χ4v) is 4.95. The fraction of sp³-hybridized carbons (Fsp3) is 0.276. The fourth-order valence-electron chi connectivity index (χ4n) is 4.95. The van der Waals surface area contributed by atoms with E-state index >= 15 is 0 Å². The van der Waals surface area contributed by atoms with Crippen LogP contribution in [0.4, 0.5) is 16.2 Å². The smallest absolute Gasteiger partial charge is 0.335 e. The number of carbonyl (C=O) groups is 3. The van der Waals surface area contributed by atoms with Crippen molar-refractivity contribution < 1.29 is 19.5 Å². The third-order valence-corrected chi connectivity index (χ3v) is 7.10. The van der Waals surface area contributed by atoms with Crippen LogP contribution in [-0.2, 0) is 4.79 Å². The predicted octanol–water partition coefficient (Wildman–Crippen LogP) is 5.67. The van der Waals surface area contributed by atoms with E-state index in [1.54, 1.807) is 35.2 Å². The summed E-state index contributed by atoms with van der Waals surface area (Å²) in [7, 11) is 0. The van der Waals surface area contributed by atoms with Crippen LogP contribution in [0.5, 0.6) is 0 Å². The molecule has 7 heteroatoms. The number of aromatic carboxylic acids is 1. The molecule has 184 valence electrons. The highest BCUT2D eigenvalue weighted by molar-refractivity contribution is 6.00. The highest BCUT2D eigenvalue weighted by Gasteiger charge is 2.57. The SMILES string of the molecule is CC(C)c1ccc(NC(=O)N2C[C@H]3C[C@H]3[C@@H]2C(=O)Nc2ccc(-c3cccc(C(=O)O)c3)cc2)cc1. The Morgan fingerprint density at radius 1 is 0.889 bits per heavy atom. The van der Waals surface area contributed by atoms with Gasteiger partial charge in [0.2, 0.25) is 5.91 Å². The molecule has 1 saturated carbocycles. The molecule has 36 heavy (non-hydrogen) atoms. The number of hydrogen-bond acceptors (Lipinski definition) is 3. The van der Waals surface area contributed by atoms with E-state index in [-0.39, 0.29) is 23.4 Å². The quantitative estimate of drug-likeness (QED) is 0.421. The van der Waals surface area contributed by atoms with Crippen molar-refractivity contribution in [2.24, 2.45) is 11.8 Å². The number of hydrogen-bond donors (Lipinski definition) is 3. The van der Waals surface area contributed by atoms with Crippen LogP contribution in [0.25, 0.3) is 11.1 Å². The zero-order valence-corrected chi connectivity index (χ0v) is 20.3. The zero-order chi connectivity index (χ0) is 25.4. The molecule has 1 saturated heterocycles. The van der Waals surface area contributed by atoms with Crippen LogP contribution < -0.4 is 10.6 Å². The van der Waals surface area contributed by atoms with Crippen molar-refractivity contribution in [2.45, 2.75) is 32.2 Å². The maximum Gasteiger partial charge on any atom is 0.335 e. The van der Waals surface area contributed by atoms with Crippen molar-refractivity contribution in [3.05, 3.63) is 83.9 Å². The van der Waals surface area contributed by atoms with Crippen molar-refractivity contribution in [3.8, 4) is 11.1 Å². The van der Waals surface area contributed by atoms with Crippen LogP contribution in [0.1, 0.15) is 42.1 Å². The van der Waals surface area contributed by atoms with Gasteiger partial charge in [-0.1, -0.05) is 50.2 Å². The van der Waals surface area contributed by atoms with Gasteiger partial charge in [0.05, 0.1) is 5.56 Å². The van der Waals surface area contributed by atoms with Gasteiger partial charge >= 0.3 is 12.0 Å². The molecule has 3 aromatic rings. The van der Waals surface area contributed by atoms with Crippen molar-refractivity contribution in [3.63, 3.8) is 0 Å². The number of anilines is 2. The molecule has 2 fully saturated rings. The van der Waals surface area contributed by atoms with Crippen LogP contribution in [0.2, 0.25) is 0 Å². The number of urea groups is 1. The summed E-state index contributed by atoms with van der Waals surface area (Å²) in [6, 6.07) is 21.0. The van der Waals surface area contributed by atoms with E-state index in [1.165, 1.54) is 5.56 Å². The minimum atomic E-state index is -0.975. The first-order valence-corrected chi connectivity index (χ1v) is 12.2. The van der Waals surface area contributed by atoms with Crippen LogP contribution in [0.15, 0.2) is 72.8 Å². The standard InChI is InChI=1S/C29H29N3O4/c1-17(2)18-6-10-24(11-7-18)31-29(36)32-16-22-15-25(22)26(32)27(33)30-23-12-8-19(9-13-23)20-4-3-5-21(14-20)28(34)35/h3-14,17,22,25-26H,15-16H2,1-2H3,(H,30,33)(H,31,36)(H,34,35)/t22-,25-,26-/m1/s1. The van der Waals surface area contributed by atoms with Crippen molar-refractivity contribution in [1.29, 1.82) is 0 Å². The third kappa shape index (κ3) is 4.82. The highest BCUT2D eigenvalue weighted by Crippen LogP contribution is 2.50. The van der Waals surface area contributed by atoms with Gasteiger partial charge in [0, 0.05) is 17.9 Å². The van der Waals surface area contributed by atoms with E-state index in [0.717, 1.165) is 17.5 Å². The van der Waals surface area contributed by atoms with E-state index in [2.05, 4.69) is 24.5 Å². The third-order valence-electron chi connectivity index (χ3n) is 7.10. The van der Waals surface area contributed by atoms with Crippen LogP contribution in [0, 0.1) is 11.8 Å². The Morgan fingerprint density at radius 3 is 2.22 bits per heavy atom. The summed E-state index contributed by atoms with van der Waals surface area (Å²) in [6.45, 7) is 4.83. The van der Waals surface area contributed by atoms with E-state index in [4.69, 9.17) is 0 Å². The molecule has 5 rings (SSSR count). The van der Waals surface area contributed by atoms with Crippen molar-refractivity contribution in [2.75, 3.05) is 17.2 Å². The average Bonchev–Trinajstić information content (AvgIpc) is 3.53. The molecule has 0 bridgehead atoms. The van der Waals surface area contributed by atoms with Crippen LogP contribution in [-0.4, -0.2) is 40.5 Å². The molecule has 2 aliphatic rings. The highest BCUT2D eigenvalue weighted by atomic mass is 16.4. The Hall–Kier alpha value is -4.13. The second-order valence-electron chi connectivity index (χ2n) is 9.92. The second kappa shape index (κ2) is 9.49. The van der Waals surface area contributed by atoms with Gasteiger partial charge in [-0.15, -0.1) is 0 Å². The first kappa shape index (κ1) is 23.6. The summed E-state index contributed by atoms with van der Waals surface area (Å²) in [5, 5.41) is 15.1. The first-order chi connectivity index (χ1) is 17.3. The maximum absolute atomic E-state index is 13.2. The molecule has 3 N–H and O–H groups in total. The number of likely N-dealkylation sites (tertiary alicyclic amines) is 1. The Balaban J connectivity index is 1.25. The minimum Gasteiger partial charge on any atom is -0.478 e. The molecule has 0 radical (unpaired) electrons. The monoisotopic (exact) mass is 483 g/mol. The molecular weight excluding hydrogens is 454 g/mol. The van der Waals surface area contributed by atoms with E-state index in [1.807, 2.05) is 42.5 Å². The van der Waals surface area contributed by atoms with Gasteiger partial charge in [0.25, 0.3) is 0 Å². The molecule has 3 aromatic carbocycles. The van der Waals surface area contributed by atoms with Crippen molar-refractivity contribution in [1.82, 2.24) is 4.90 Å². The summed E-state index contributed by atoms with van der Waals surface area (Å²) >= 11 is 0. The van der Waals surface area contributed by atoms with E-state index in [9.17, 15) is 19.5 Å². The molecule has 1 aliphatic heterocycles. The molecule has 3 atom stereocenters. The van der Waals surface area contributed by atoms with Gasteiger partial charge in [-0.2, -0.15) is 0 Å². The van der Waals surface area contributed by atoms with Gasteiger partial charge in [-0.3, -0.25) is 4.79 Å². The lowest BCUT2D eigenvalue weighted by atomic mass is 10.0. The van der Waals surface area contributed by atoms with Gasteiger partial charge in [-0.05, 0) is 77.3 Å². The normalized spacial score (nSPS) is 20.1. The number of carboxylic acid groups (broad SMARTS) is 1. The van der Waals surface area contributed by atoms with E-state index in [0.29, 0.717) is 29.8 Å². The van der Waals surface area contributed by atoms with Crippen LogP contribution in [0.3, 0.4) is 0 Å². The second-order valence-corrected chi connectivity index (χ2v) is 9.92. The molecule has 7 nitrogen and oxygen atoms in total. The zero-order valence-electron chi connectivity index (χ0n) is 20.3. The summed E-state index contributed by atoms with van der Waals surface area (Å²) in [5.41, 5.74) is 4.41. The first-order valence-electron chi connectivity index (χ1n) is 12.2. The van der Waals surface area contributed by atoms with Crippen LogP contribution >= 0.6 is 0 Å². The Kier molecular flexibility index (Phi) is 6.22. The topological polar surface area (TPSA) is 98.7 Å². The average molecular weight is 484 g/mol. The number of rotatable bonds is 6. The summed E-state index contributed by atoms with van der Waals surface area (Å²) in [5.74, 6) is -0.184. The lowest BCUT2D eigenvalue weighted by Crippen LogP contribution is -2.47. The molecule has 1 aliphatic carbocycles. The Morgan fingerprint density at radius 2 is 1.56 bits per heavy atom. The number of carboxylic acids is 1. The lowest BCUT2D eigenvalue weighted by Gasteiger charge is -2.27. The molecule has 1 heterocycles. The molecule has 3 amide bonds. The van der Waals surface area contributed by atoms with Gasteiger partial charge in [0.15, 0.2) is 0 Å². The van der Waals surface area contributed by atoms with Gasteiger partial charge in [-0.25, -0.2) is 9.59 Å². The number of benzene rings is 3. The molecule has 0 aromatic heterocycles. The largest absolute Gasteiger partial charge is 0.478 e. The number of piperidine rings is 1. The number of amides is 3. The minimum absolute atomic E-state index is 0.189. The Bertz CT molecular complexity index is 1300. The van der Waals surface area contributed by atoms with Gasteiger partial charge in [0.1, 0.15) is 6.04 Å².